The van der Waals surface area contributed by atoms with Crippen molar-refractivity contribution in [2.45, 2.75) is 50.6 Å². The number of fused-ring (bicyclic) bond motifs is 1. The number of benzene rings is 1. The number of aryl methyl sites for hydroxylation is 2. The predicted octanol–water partition coefficient (Wildman–Crippen LogP) is 2.68. The number of hydrogen-bond acceptors (Lipinski definition) is 6. The molecule has 2 N–H and O–H groups in total. The number of primary amides is 1. The first-order valence-corrected chi connectivity index (χ1v) is 9.89. The average molecular weight is 386 g/mol. The Morgan fingerprint density at radius 2 is 2.07 bits per heavy atom. The summed E-state index contributed by atoms with van der Waals surface area (Å²) in [6.45, 7) is 4.76. The summed E-state index contributed by atoms with van der Waals surface area (Å²) in [5, 5.41) is 10.1. The van der Waals surface area contributed by atoms with Crippen molar-refractivity contribution in [3.63, 3.8) is 0 Å². The molecule has 0 aliphatic carbocycles. The molecule has 1 aromatic carbocycles. The molecule has 0 spiro atoms. The van der Waals surface area contributed by atoms with E-state index in [1.807, 2.05) is 29.7 Å². The molecule has 0 aliphatic rings. The van der Waals surface area contributed by atoms with E-state index < -0.39 is 0 Å². The summed E-state index contributed by atoms with van der Waals surface area (Å²) in [4.78, 5) is 23.0. The minimum Gasteiger partial charge on any atom is -0.423 e. The molecular weight excluding hydrogens is 364 g/mol. The van der Waals surface area contributed by atoms with Crippen molar-refractivity contribution in [2.75, 3.05) is 0 Å². The lowest BCUT2D eigenvalue weighted by Gasteiger charge is -2.08. The van der Waals surface area contributed by atoms with Gasteiger partial charge in [0.1, 0.15) is 11.4 Å². The van der Waals surface area contributed by atoms with Gasteiger partial charge in [-0.1, -0.05) is 30.8 Å². The molecule has 3 rings (SSSR count). The smallest absolute Gasteiger partial charge is 0.336 e. The highest BCUT2D eigenvalue weighted by molar-refractivity contribution is 7.98. The van der Waals surface area contributed by atoms with Gasteiger partial charge in [0.05, 0.1) is 0 Å². The quantitative estimate of drug-likeness (QED) is 0.471. The Kier molecular flexibility index (Phi) is 5.95. The Bertz CT molecular complexity index is 1030. The molecular formula is C19H22N4O3S. The molecule has 0 atom stereocenters. The number of carbonyl (C=O) groups is 1. The molecule has 1 amide bonds. The third-order valence-electron chi connectivity index (χ3n) is 4.36. The Morgan fingerprint density at radius 1 is 1.26 bits per heavy atom. The fourth-order valence-electron chi connectivity index (χ4n) is 2.92. The second-order valence-corrected chi connectivity index (χ2v) is 7.12. The fraction of sp³-hybridized carbons (Fsp3) is 0.368. The Hall–Kier alpha value is -2.61. The molecule has 2 aromatic heterocycles. The van der Waals surface area contributed by atoms with E-state index in [1.54, 1.807) is 0 Å². The second-order valence-electron chi connectivity index (χ2n) is 6.17. The molecule has 0 saturated carbocycles. The molecule has 0 aliphatic heterocycles. The first-order valence-electron chi connectivity index (χ1n) is 8.90. The lowest BCUT2D eigenvalue weighted by molar-refractivity contribution is -0.118. The van der Waals surface area contributed by atoms with Crippen LogP contribution in [-0.4, -0.2) is 20.7 Å². The standard InChI is InChI=1S/C19H22N4O3S/c1-3-12-5-6-14-13(10-18(25)26-15(14)9-12)11-27-19-22-21-17(23(19)4-2)8-7-16(20)24/h5-6,9-10H,3-4,7-8,11H2,1-2H3,(H2,20,24). The highest BCUT2D eigenvalue weighted by Crippen LogP contribution is 2.27. The largest absolute Gasteiger partial charge is 0.423 e. The van der Waals surface area contributed by atoms with Crippen LogP contribution in [0, 0.1) is 0 Å². The lowest BCUT2D eigenvalue weighted by Crippen LogP contribution is -2.13. The molecule has 0 saturated heterocycles. The molecule has 0 radical (unpaired) electrons. The fourth-order valence-corrected chi connectivity index (χ4v) is 3.93. The van der Waals surface area contributed by atoms with Crippen LogP contribution in [0.3, 0.4) is 0 Å². The number of hydrogen-bond donors (Lipinski definition) is 1. The first-order chi connectivity index (χ1) is 13.0. The summed E-state index contributed by atoms with van der Waals surface area (Å²) in [7, 11) is 0. The third kappa shape index (κ3) is 4.39. The van der Waals surface area contributed by atoms with Crippen LogP contribution in [0.1, 0.15) is 37.2 Å². The van der Waals surface area contributed by atoms with E-state index in [0.29, 0.717) is 24.3 Å². The topological polar surface area (TPSA) is 104 Å². The van der Waals surface area contributed by atoms with E-state index in [-0.39, 0.29) is 18.0 Å². The van der Waals surface area contributed by atoms with E-state index in [0.717, 1.165) is 33.9 Å². The number of rotatable bonds is 8. The van der Waals surface area contributed by atoms with Crippen LogP contribution in [0.15, 0.2) is 38.6 Å². The van der Waals surface area contributed by atoms with E-state index in [2.05, 4.69) is 17.1 Å². The highest BCUT2D eigenvalue weighted by Gasteiger charge is 2.14. The number of nitrogens with two attached hydrogens (primary N) is 1. The summed E-state index contributed by atoms with van der Waals surface area (Å²) < 4.78 is 7.33. The van der Waals surface area contributed by atoms with Gasteiger partial charge in [0.15, 0.2) is 5.16 Å². The monoisotopic (exact) mass is 386 g/mol. The summed E-state index contributed by atoms with van der Waals surface area (Å²) in [6.07, 6.45) is 1.59. The van der Waals surface area contributed by atoms with Crippen molar-refractivity contribution in [1.29, 1.82) is 0 Å². The SMILES string of the molecule is CCc1ccc2c(CSc3nnc(CCC(N)=O)n3CC)cc(=O)oc2c1. The predicted molar refractivity (Wildman–Crippen MR) is 105 cm³/mol. The molecule has 0 bridgehead atoms. The van der Waals surface area contributed by atoms with Crippen LogP contribution in [0.2, 0.25) is 0 Å². The zero-order chi connectivity index (χ0) is 19.4. The molecule has 2 heterocycles. The molecule has 7 nitrogen and oxygen atoms in total. The molecule has 142 valence electrons. The van der Waals surface area contributed by atoms with Gasteiger partial charge < -0.3 is 14.7 Å². The maximum absolute atomic E-state index is 11.9. The third-order valence-corrected chi connectivity index (χ3v) is 5.38. The van der Waals surface area contributed by atoms with Crippen LogP contribution >= 0.6 is 11.8 Å². The van der Waals surface area contributed by atoms with Crippen molar-refractivity contribution >= 4 is 28.6 Å². The molecule has 27 heavy (non-hydrogen) atoms. The molecule has 3 aromatic rings. The number of thioether (sulfide) groups is 1. The molecule has 8 heteroatoms. The maximum atomic E-state index is 11.9. The Balaban J connectivity index is 1.85. The summed E-state index contributed by atoms with van der Waals surface area (Å²) >= 11 is 1.51. The van der Waals surface area contributed by atoms with Gasteiger partial charge in [-0.3, -0.25) is 4.79 Å². The van der Waals surface area contributed by atoms with Crippen LogP contribution in [0.25, 0.3) is 11.0 Å². The van der Waals surface area contributed by atoms with Gasteiger partial charge in [0.2, 0.25) is 5.91 Å². The molecule has 0 unspecified atom stereocenters. The zero-order valence-electron chi connectivity index (χ0n) is 15.4. The average Bonchev–Trinajstić information content (AvgIpc) is 3.05. The Labute approximate surface area is 161 Å². The van der Waals surface area contributed by atoms with Gasteiger partial charge in [0.25, 0.3) is 0 Å². The van der Waals surface area contributed by atoms with E-state index >= 15 is 0 Å². The van der Waals surface area contributed by atoms with Gasteiger partial charge in [-0.05, 0) is 30.5 Å². The molecule has 0 fully saturated rings. The second kappa shape index (κ2) is 8.39. The van der Waals surface area contributed by atoms with Gasteiger partial charge in [-0.25, -0.2) is 4.79 Å². The van der Waals surface area contributed by atoms with Crippen molar-refractivity contribution in [3.05, 3.63) is 51.6 Å². The van der Waals surface area contributed by atoms with Gasteiger partial charge in [0, 0.05) is 36.6 Å². The van der Waals surface area contributed by atoms with Crippen molar-refractivity contribution < 1.29 is 9.21 Å². The van der Waals surface area contributed by atoms with Crippen LogP contribution < -0.4 is 11.4 Å². The number of nitrogens with zero attached hydrogens (tertiary/aromatic N) is 3. The lowest BCUT2D eigenvalue weighted by atomic mass is 10.1. The summed E-state index contributed by atoms with van der Waals surface area (Å²) in [5.41, 5.74) is 7.50. The van der Waals surface area contributed by atoms with Crippen molar-refractivity contribution in [3.8, 4) is 0 Å². The van der Waals surface area contributed by atoms with Gasteiger partial charge >= 0.3 is 5.63 Å². The van der Waals surface area contributed by atoms with E-state index in [4.69, 9.17) is 10.2 Å². The normalized spacial score (nSPS) is 11.2. The van der Waals surface area contributed by atoms with E-state index in [1.165, 1.54) is 17.8 Å². The van der Waals surface area contributed by atoms with Crippen LogP contribution in [-0.2, 0) is 29.9 Å². The Morgan fingerprint density at radius 3 is 2.78 bits per heavy atom. The van der Waals surface area contributed by atoms with Crippen LogP contribution in [0.5, 0.6) is 0 Å². The number of amides is 1. The maximum Gasteiger partial charge on any atom is 0.336 e. The van der Waals surface area contributed by atoms with Crippen molar-refractivity contribution in [2.24, 2.45) is 5.73 Å². The number of carbonyl (C=O) groups excluding carboxylic acids is 1. The van der Waals surface area contributed by atoms with Crippen molar-refractivity contribution in [1.82, 2.24) is 14.8 Å². The van der Waals surface area contributed by atoms with Crippen LogP contribution in [0.4, 0.5) is 0 Å². The zero-order valence-corrected chi connectivity index (χ0v) is 16.2. The highest BCUT2D eigenvalue weighted by atomic mass is 32.2. The van der Waals surface area contributed by atoms with E-state index in [9.17, 15) is 9.59 Å². The minimum atomic E-state index is -0.358. The van der Waals surface area contributed by atoms with Gasteiger partial charge in [-0.2, -0.15) is 0 Å². The number of aromatic nitrogens is 3. The first kappa shape index (κ1) is 19.2. The summed E-state index contributed by atoms with van der Waals surface area (Å²) in [5.74, 6) is 0.953. The minimum absolute atomic E-state index is 0.243. The van der Waals surface area contributed by atoms with Gasteiger partial charge in [-0.15, -0.1) is 10.2 Å². The summed E-state index contributed by atoms with van der Waals surface area (Å²) in [6, 6.07) is 7.49.